The number of rotatable bonds is 5. The van der Waals surface area contributed by atoms with E-state index in [1.54, 1.807) is 13.2 Å². The van der Waals surface area contributed by atoms with Gasteiger partial charge in [0.25, 0.3) is 0 Å². The lowest BCUT2D eigenvalue weighted by atomic mass is 9.86. The van der Waals surface area contributed by atoms with Crippen LogP contribution in [0.15, 0.2) is 47.5 Å². The molecule has 0 unspecified atom stereocenters. The third-order valence-electron chi connectivity index (χ3n) is 3.22. The first-order valence-corrected chi connectivity index (χ1v) is 7.50. The van der Waals surface area contributed by atoms with Crippen LogP contribution in [0.1, 0.15) is 17.9 Å². The Morgan fingerprint density at radius 3 is 3.00 bits per heavy atom. The molecule has 2 rings (SSSR count). The van der Waals surface area contributed by atoms with Crippen molar-refractivity contribution >= 4 is 17.7 Å². The Hall–Kier alpha value is -2.19. The first-order valence-electron chi connectivity index (χ1n) is 6.52. The van der Waals surface area contributed by atoms with Crippen molar-refractivity contribution < 1.29 is 9.53 Å². The van der Waals surface area contributed by atoms with E-state index in [0.717, 1.165) is 5.56 Å². The highest BCUT2D eigenvalue weighted by Crippen LogP contribution is 2.39. The van der Waals surface area contributed by atoms with Crippen LogP contribution in [0.4, 0.5) is 0 Å². The number of hydrogen-bond acceptors (Lipinski definition) is 4. The van der Waals surface area contributed by atoms with Crippen LogP contribution < -0.4 is 10.1 Å². The number of methoxy groups -OCH3 is 1. The average Bonchev–Trinajstić information content (AvgIpc) is 2.52. The van der Waals surface area contributed by atoms with Crippen molar-refractivity contribution in [3.63, 3.8) is 0 Å². The minimum atomic E-state index is -0.271. The molecule has 0 aromatic heterocycles. The largest absolute Gasteiger partial charge is 0.496 e. The number of nitriles is 1. The minimum absolute atomic E-state index is 0.0866. The van der Waals surface area contributed by atoms with Gasteiger partial charge in [-0.1, -0.05) is 24.3 Å². The van der Waals surface area contributed by atoms with Crippen molar-refractivity contribution in [3.8, 4) is 11.8 Å². The number of para-hydroxylation sites is 1. The molecule has 0 bridgehead atoms. The van der Waals surface area contributed by atoms with Crippen molar-refractivity contribution in [1.29, 1.82) is 5.26 Å². The van der Waals surface area contributed by atoms with Gasteiger partial charge in [0.15, 0.2) is 0 Å². The molecule has 1 N–H and O–H groups in total. The van der Waals surface area contributed by atoms with Crippen LogP contribution >= 0.6 is 11.8 Å². The zero-order chi connectivity index (χ0) is 15.2. The van der Waals surface area contributed by atoms with Gasteiger partial charge in [-0.2, -0.15) is 5.26 Å². The zero-order valence-electron chi connectivity index (χ0n) is 11.8. The summed E-state index contributed by atoms with van der Waals surface area (Å²) >= 11 is 1.41. The Kier molecular flexibility index (Phi) is 5.07. The number of benzene rings is 1. The molecule has 1 aliphatic heterocycles. The fourth-order valence-corrected chi connectivity index (χ4v) is 3.11. The van der Waals surface area contributed by atoms with Crippen LogP contribution in [-0.2, 0) is 4.79 Å². The minimum Gasteiger partial charge on any atom is -0.496 e. The Balaban J connectivity index is 2.47. The Morgan fingerprint density at radius 2 is 2.33 bits per heavy atom. The first-order chi connectivity index (χ1) is 10.2. The van der Waals surface area contributed by atoms with Crippen molar-refractivity contribution in [1.82, 2.24) is 5.32 Å². The van der Waals surface area contributed by atoms with E-state index in [2.05, 4.69) is 18.0 Å². The second kappa shape index (κ2) is 7.00. The molecule has 0 fully saturated rings. The van der Waals surface area contributed by atoms with Crippen molar-refractivity contribution in [2.24, 2.45) is 0 Å². The molecule has 0 saturated heterocycles. The Bertz CT molecular complexity index is 631. The van der Waals surface area contributed by atoms with Gasteiger partial charge in [0, 0.05) is 23.7 Å². The summed E-state index contributed by atoms with van der Waals surface area (Å²) in [7, 11) is 1.59. The van der Waals surface area contributed by atoms with E-state index in [9.17, 15) is 10.1 Å². The molecule has 0 spiro atoms. The van der Waals surface area contributed by atoms with Gasteiger partial charge in [0.2, 0.25) is 5.91 Å². The fraction of sp³-hybridized carbons (Fsp3) is 0.250. The first kappa shape index (κ1) is 15.2. The van der Waals surface area contributed by atoms with E-state index >= 15 is 0 Å². The number of hydrogen-bond donors (Lipinski definition) is 1. The number of amides is 1. The van der Waals surface area contributed by atoms with Crippen molar-refractivity contribution in [3.05, 3.63) is 53.1 Å². The molecule has 0 radical (unpaired) electrons. The standard InChI is InChI=1S/C16H16N2O2S/c1-3-8-21-16-13(10-17)12(9-15(19)18-16)11-6-4-5-7-14(11)20-2/h3-7,12H,1,8-9H2,2H3,(H,18,19)/t12-/m1/s1. The van der Waals surface area contributed by atoms with Crippen LogP contribution in [0.25, 0.3) is 0 Å². The highest BCUT2D eigenvalue weighted by atomic mass is 32.2. The van der Waals surface area contributed by atoms with E-state index in [1.165, 1.54) is 11.8 Å². The molecule has 21 heavy (non-hydrogen) atoms. The fourth-order valence-electron chi connectivity index (χ4n) is 2.30. The van der Waals surface area contributed by atoms with Crippen LogP contribution in [0.5, 0.6) is 5.75 Å². The summed E-state index contributed by atoms with van der Waals surface area (Å²) in [5, 5.41) is 12.9. The van der Waals surface area contributed by atoms with Gasteiger partial charge in [-0.25, -0.2) is 0 Å². The third kappa shape index (κ3) is 3.29. The number of nitrogens with one attached hydrogen (secondary N) is 1. The normalized spacial score (nSPS) is 17.9. The predicted octanol–water partition coefficient (Wildman–Crippen LogP) is 2.95. The van der Waals surface area contributed by atoms with Gasteiger partial charge < -0.3 is 10.1 Å². The highest BCUT2D eigenvalue weighted by molar-refractivity contribution is 8.03. The number of carbonyl (C=O) groups excluding carboxylic acids is 1. The van der Waals surface area contributed by atoms with E-state index in [0.29, 0.717) is 22.1 Å². The molecular formula is C16H16N2O2S. The van der Waals surface area contributed by atoms with E-state index in [4.69, 9.17) is 4.74 Å². The second-order valence-electron chi connectivity index (χ2n) is 4.50. The molecule has 0 aliphatic carbocycles. The van der Waals surface area contributed by atoms with Crippen molar-refractivity contribution in [2.75, 3.05) is 12.9 Å². The molecular weight excluding hydrogens is 284 g/mol. The number of thioether (sulfide) groups is 1. The topological polar surface area (TPSA) is 62.1 Å². The van der Waals surface area contributed by atoms with Gasteiger partial charge in [0.05, 0.1) is 23.8 Å². The summed E-state index contributed by atoms with van der Waals surface area (Å²) < 4.78 is 5.36. The second-order valence-corrected chi connectivity index (χ2v) is 5.53. The summed E-state index contributed by atoms with van der Waals surface area (Å²) in [6.07, 6.45) is 1.99. The zero-order valence-corrected chi connectivity index (χ0v) is 12.6. The molecule has 1 aliphatic rings. The van der Waals surface area contributed by atoms with Gasteiger partial charge in [-0.15, -0.1) is 18.3 Å². The quantitative estimate of drug-likeness (QED) is 0.849. The van der Waals surface area contributed by atoms with E-state index in [1.807, 2.05) is 24.3 Å². The maximum atomic E-state index is 11.9. The summed E-state index contributed by atoms with van der Waals surface area (Å²) in [4.78, 5) is 11.9. The van der Waals surface area contributed by atoms with Crippen LogP contribution in [0.3, 0.4) is 0 Å². The number of nitrogens with zero attached hydrogens (tertiary/aromatic N) is 1. The van der Waals surface area contributed by atoms with Gasteiger partial charge in [-0.3, -0.25) is 4.79 Å². The van der Waals surface area contributed by atoms with Crippen LogP contribution in [0.2, 0.25) is 0 Å². The molecule has 5 heteroatoms. The Labute approximate surface area is 128 Å². The lowest BCUT2D eigenvalue weighted by Crippen LogP contribution is -2.31. The number of allylic oxidation sites excluding steroid dienone is 1. The average molecular weight is 300 g/mol. The van der Waals surface area contributed by atoms with Gasteiger partial charge in [0.1, 0.15) is 5.75 Å². The molecule has 108 valence electrons. The molecule has 1 atom stereocenters. The summed E-state index contributed by atoms with van der Waals surface area (Å²) in [5.41, 5.74) is 1.44. The lowest BCUT2D eigenvalue weighted by molar-refractivity contribution is -0.120. The van der Waals surface area contributed by atoms with Gasteiger partial charge >= 0.3 is 0 Å². The van der Waals surface area contributed by atoms with E-state index < -0.39 is 0 Å². The number of ether oxygens (including phenoxy) is 1. The predicted molar refractivity (Wildman–Crippen MR) is 83.8 cm³/mol. The smallest absolute Gasteiger partial charge is 0.225 e. The third-order valence-corrected chi connectivity index (χ3v) is 4.23. The molecule has 0 saturated carbocycles. The number of carbonyl (C=O) groups is 1. The summed E-state index contributed by atoms with van der Waals surface area (Å²) in [6.45, 7) is 3.66. The van der Waals surface area contributed by atoms with Crippen LogP contribution in [0, 0.1) is 11.3 Å². The summed E-state index contributed by atoms with van der Waals surface area (Å²) in [5.74, 6) is 0.973. The molecule has 1 heterocycles. The Morgan fingerprint density at radius 1 is 1.57 bits per heavy atom. The van der Waals surface area contributed by atoms with Crippen LogP contribution in [-0.4, -0.2) is 18.8 Å². The molecule has 4 nitrogen and oxygen atoms in total. The SMILES string of the molecule is C=CCSC1=C(C#N)[C@@H](c2ccccc2OC)CC(=O)N1. The molecule has 1 amide bonds. The van der Waals surface area contributed by atoms with Crippen molar-refractivity contribution in [2.45, 2.75) is 12.3 Å². The lowest BCUT2D eigenvalue weighted by Gasteiger charge is -2.26. The maximum Gasteiger partial charge on any atom is 0.225 e. The molecule has 1 aromatic rings. The van der Waals surface area contributed by atoms with E-state index in [-0.39, 0.29) is 18.2 Å². The molecule has 1 aromatic carbocycles. The monoisotopic (exact) mass is 300 g/mol. The van der Waals surface area contributed by atoms with Gasteiger partial charge in [-0.05, 0) is 6.07 Å². The highest BCUT2D eigenvalue weighted by Gasteiger charge is 2.31. The maximum absolute atomic E-state index is 11.9. The summed E-state index contributed by atoms with van der Waals surface area (Å²) in [6, 6.07) is 9.73.